The summed E-state index contributed by atoms with van der Waals surface area (Å²) in [5.41, 5.74) is 25.1. The summed E-state index contributed by atoms with van der Waals surface area (Å²) in [6, 6.07) is 30.5. The summed E-state index contributed by atoms with van der Waals surface area (Å²) in [7, 11) is 0. The molecule has 5 rings (SSSR count). The first-order valence-electron chi connectivity index (χ1n) is 21.9. The third kappa shape index (κ3) is 13.6. The van der Waals surface area contributed by atoms with Gasteiger partial charge in [-0.05, 0) is 135 Å². The molecule has 1 aliphatic heterocycles. The van der Waals surface area contributed by atoms with Gasteiger partial charge in [-0.3, -0.25) is 0 Å². The molecule has 298 valence electrons. The van der Waals surface area contributed by atoms with Gasteiger partial charge in [0.05, 0.1) is 0 Å². The molecule has 0 radical (unpaired) electrons. The maximum absolute atomic E-state index is 11.7. The molecular formula is C52H70N2Ni. The molecule has 0 amide bonds. The van der Waals surface area contributed by atoms with Crippen molar-refractivity contribution in [1.82, 2.24) is 0 Å². The van der Waals surface area contributed by atoms with Gasteiger partial charge in [-0.2, -0.15) is 0 Å². The van der Waals surface area contributed by atoms with Crippen molar-refractivity contribution in [1.29, 1.82) is 0 Å². The first-order valence-corrected chi connectivity index (χ1v) is 22.9. The summed E-state index contributed by atoms with van der Waals surface area (Å²) in [6.45, 7) is 13.7. The molecule has 1 heterocycles. The summed E-state index contributed by atoms with van der Waals surface area (Å²) >= 11 is 1.60. The van der Waals surface area contributed by atoms with Gasteiger partial charge in [-0.25, -0.2) is 4.70 Å². The Kier molecular flexibility index (Phi) is 20.0. The van der Waals surface area contributed by atoms with Crippen LogP contribution in [-0.2, 0) is 53.0 Å². The van der Waals surface area contributed by atoms with Gasteiger partial charge >= 0.3 is 84.2 Å². The van der Waals surface area contributed by atoms with Crippen molar-refractivity contribution in [2.45, 2.75) is 157 Å². The van der Waals surface area contributed by atoms with Crippen LogP contribution in [0.5, 0.6) is 0 Å². The second kappa shape index (κ2) is 24.9. The predicted molar refractivity (Wildman–Crippen MR) is 236 cm³/mol. The summed E-state index contributed by atoms with van der Waals surface area (Å²) in [4.78, 5) is 0. The number of rotatable bonds is 22. The van der Waals surface area contributed by atoms with E-state index in [0.717, 1.165) is 48.2 Å². The van der Waals surface area contributed by atoms with E-state index < -0.39 is 0 Å². The maximum atomic E-state index is 11.7. The SMILES string of the molecule is CCCCc1cc(C2=CC=C(c3cc(CCCC)c(CCCC)c(CCCC)c3)[N+]2=[N-])cc(CCCC)c1CCCC.c1cc[c]([Ni][c]2ccccc2)cc1. The zero-order valence-corrected chi connectivity index (χ0v) is 36.2. The van der Waals surface area contributed by atoms with Gasteiger partial charge in [0.1, 0.15) is 0 Å². The summed E-state index contributed by atoms with van der Waals surface area (Å²) < 4.78 is 4.10. The Hall–Kier alpha value is -3.55. The van der Waals surface area contributed by atoms with E-state index in [0.29, 0.717) is 0 Å². The molecule has 0 spiro atoms. The van der Waals surface area contributed by atoms with Crippen LogP contribution in [0, 0.1) is 0 Å². The Labute approximate surface area is 342 Å². The topological polar surface area (TPSA) is 25.3 Å². The van der Waals surface area contributed by atoms with Gasteiger partial charge in [0, 0.05) is 23.3 Å². The van der Waals surface area contributed by atoms with Crippen LogP contribution in [0.1, 0.15) is 163 Å². The minimum atomic E-state index is 0.919. The van der Waals surface area contributed by atoms with Crippen molar-refractivity contribution in [3.05, 3.63) is 147 Å². The zero-order valence-electron chi connectivity index (χ0n) is 35.2. The van der Waals surface area contributed by atoms with Crippen molar-refractivity contribution in [3.8, 4) is 0 Å². The first kappa shape index (κ1) is 44.2. The number of nitrogens with zero attached hydrogens (tertiary/aromatic N) is 2. The first-order chi connectivity index (χ1) is 27.0. The summed E-state index contributed by atoms with van der Waals surface area (Å²) in [6.07, 6.45) is 25.8. The van der Waals surface area contributed by atoms with Gasteiger partial charge in [0.15, 0.2) is 0 Å². The van der Waals surface area contributed by atoms with Crippen LogP contribution >= 0.6 is 0 Å². The molecule has 2 nitrogen and oxygen atoms in total. The van der Waals surface area contributed by atoms with Crippen molar-refractivity contribution in [2.75, 3.05) is 0 Å². The number of benzene rings is 4. The van der Waals surface area contributed by atoms with E-state index >= 15 is 0 Å². The van der Waals surface area contributed by atoms with Gasteiger partial charge in [0.25, 0.3) is 0 Å². The number of hydrogen-bond donors (Lipinski definition) is 0. The zero-order chi connectivity index (χ0) is 39.3. The van der Waals surface area contributed by atoms with Crippen molar-refractivity contribution >= 4 is 20.5 Å². The molecule has 0 fully saturated rings. The van der Waals surface area contributed by atoms with Crippen LogP contribution in [0.25, 0.3) is 16.9 Å². The Balaban J connectivity index is 0.000000431. The fourth-order valence-corrected chi connectivity index (χ4v) is 8.52. The molecule has 1 aliphatic rings. The number of aryl methyl sites for hydroxylation is 4. The second-order valence-electron chi connectivity index (χ2n) is 15.2. The number of allylic oxidation sites excluding steroid dienone is 2. The van der Waals surface area contributed by atoms with Gasteiger partial charge in [0.2, 0.25) is 11.4 Å². The number of unbranched alkanes of at least 4 members (excludes halogenated alkanes) is 6. The molecule has 0 bridgehead atoms. The predicted octanol–water partition coefficient (Wildman–Crippen LogP) is 13.9. The Bertz CT molecular complexity index is 1610. The van der Waals surface area contributed by atoms with Crippen LogP contribution in [0.3, 0.4) is 0 Å². The quantitative estimate of drug-likeness (QED) is 0.0561. The van der Waals surface area contributed by atoms with E-state index in [1.807, 2.05) is 12.1 Å². The molecule has 4 aromatic carbocycles. The second-order valence-corrected chi connectivity index (χ2v) is 16.6. The van der Waals surface area contributed by atoms with Crippen LogP contribution < -0.4 is 9.07 Å². The molecule has 0 saturated heterocycles. The molecule has 55 heavy (non-hydrogen) atoms. The van der Waals surface area contributed by atoms with E-state index in [9.17, 15) is 5.53 Å². The molecule has 4 aromatic rings. The van der Waals surface area contributed by atoms with Crippen molar-refractivity contribution < 1.29 is 19.1 Å². The van der Waals surface area contributed by atoms with Crippen LogP contribution in [-0.4, -0.2) is 4.70 Å². The Morgan fingerprint density at radius 1 is 0.418 bits per heavy atom. The van der Waals surface area contributed by atoms with Crippen LogP contribution in [0.2, 0.25) is 0 Å². The van der Waals surface area contributed by atoms with Crippen LogP contribution in [0.4, 0.5) is 0 Å². The molecule has 0 unspecified atom stereocenters. The molecule has 0 N–H and O–H groups in total. The molecule has 0 atom stereocenters. The van der Waals surface area contributed by atoms with Crippen LogP contribution in [0.15, 0.2) is 97.1 Å². The molecule has 0 aromatic heterocycles. The third-order valence-corrected chi connectivity index (χ3v) is 11.9. The van der Waals surface area contributed by atoms with E-state index in [4.69, 9.17) is 0 Å². The van der Waals surface area contributed by atoms with Crippen molar-refractivity contribution in [3.63, 3.8) is 0 Å². The molecule has 0 aliphatic carbocycles. The van der Waals surface area contributed by atoms with E-state index in [1.54, 1.807) is 25.6 Å². The fraction of sp³-hybridized carbons (Fsp3) is 0.462. The monoisotopic (exact) mass is 780 g/mol. The molecule has 3 heteroatoms. The average molecular weight is 782 g/mol. The normalized spacial score (nSPS) is 12.4. The minimum absolute atomic E-state index is 0.919. The number of hydrogen-bond acceptors (Lipinski definition) is 0. The van der Waals surface area contributed by atoms with Gasteiger partial charge in [-0.1, -0.05) is 80.1 Å². The van der Waals surface area contributed by atoms with Crippen molar-refractivity contribution in [2.24, 2.45) is 0 Å². The summed E-state index contributed by atoms with van der Waals surface area (Å²) in [5, 5.41) is 0. The van der Waals surface area contributed by atoms with E-state index in [-0.39, 0.29) is 0 Å². The third-order valence-electron chi connectivity index (χ3n) is 10.7. The average Bonchev–Trinajstić information content (AvgIpc) is 3.61. The van der Waals surface area contributed by atoms with E-state index in [2.05, 4.69) is 126 Å². The summed E-state index contributed by atoms with van der Waals surface area (Å²) in [5.74, 6) is 0. The molecular weight excluding hydrogens is 711 g/mol. The fourth-order valence-electron chi connectivity index (χ4n) is 7.48. The van der Waals surface area contributed by atoms with Gasteiger partial charge < -0.3 is 5.53 Å². The standard InChI is InChI=1S/C40H60N2.2C6H5.Ni/c1-7-13-19-31-27-35(28-32(20-14-8-2)37(31)23-17-11-5)39-25-26-40(42(39)41)36-29-33(21-15-9-3)38(24-18-12-6)34(30-36)22-16-10-4;2*1-2-4-6-5-3-1;/h25-30H,7-24H2,1-6H3;2*1-5H;. The molecule has 0 saturated carbocycles. The Morgan fingerprint density at radius 3 is 1.00 bits per heavy atom. The van der Waals surface area contributed by atoms with E-state index in [1.165, 1.54) is 126 Å². The Morgan fingerprint density at radius 2 is 0.709 bits per heavy atom. The van der Waals surface area contributed by atoms with Gasteiger partial charge in [-0.15, -0.1) is 0 Å².